The first-order valence-electron chi connectivity index (χ1n) is 7.68. The van der Waals surface area contributed by atoms with Crippen LogP contribution in [0.15, 0.2) is 55.0 Å². The fourth-order valence-electron chi connectivity index (χ4n) is 3.04. The second-order valence-electron chi connectivity index (χ2n) is 5.83. The molecule has 1 aromatic carbocycles. The van der Waals surface area contributed by atoms with E-state index in [0.717, 1.165) is 17.0 Å². The Bertz CT molecular complexity index is 871. The summed E-state index contributed by atoms with van der Waals surface area (Å²) < 4.78 is 7.58. The van der Waals surface area contributed by atoms with Crippen molar-refractivity contribution in [1.29, 1.82) is 0 Å². The number of hydrogen-bond donors (Lipinski definition) is 1. The summed E-state index contributed by atoms with van der Waals surface area (Å²) in [7, 11) is 0. The van der Waals surface area contributed by atoms with Crippen LogP contribution in [0.3, 0.4) is 0 Å². The number of pyridine rings is 1. The van der Waals surface area contributed by atoms with Gasteiger partial charge in [0.1, 0.15) is 11.4 Å². The van der Waals surface area contributed by atoms with E-state index < -0.39 is 0 Å². The van der Waals surface area contributed by atoms with Crippen molar-refractivity contribution in [2.45, 2.75) is 18.9 Å². The van der Waals surface area contributed by atoms with Gasteiger partial charge in [-0.05, 0) is 25.1 Å². The van der Waals surface area contributed by atoms with Gasteiger partial charge in [0, 0.05) is 41.7 Å². The Morgan fingerprint density at radius 3 is 3.13 bits per heavy atom. The zero-order chi connectivity index (χ0) is 15.8. The fraction of sp³-hybridized carbons (Fsp3) is 0.222. The van der Waals surface area contributed by atoms with Crippen LogP contribution < -0.4 is 10.1 Å². The largest absolute Gasteiger partial charge is 0.493 e. The van der Waals surface area contributed by atoms with Crippen molar-refractivity contribution in [2.24, 2.45) is 0 Å². The lowest BCUT2D eigenvalue weighted by molar-refractivity contribution is 0.0932. The molecule has 3 aromatic rings. The number of ether oxygens (including phenoxy) is 1. The topological polar surface area (TPSA) is 55.6 Å². The molecular weight excluding hydrogens is 290 g/mol. The van der Waals surface area contributed by atoms with Crippen LogP contribution in [0.1, 0.15) is 28.8 Å². The number of imidazole rings is 1. The molecule has 0 radical (unpaired) electrons. The van der Waals surface area contributed by atoms with Gasteiger partial charge in [0.2, 0.25) is 0 Å². The van der Waals surface area contributed by atoms with Gasteiger partial charge in [-0.3, -0.25) is 4.79 Å². The van der Waals surface area contributed by atoms with Crippen molar-refractivity contribution in [2.75, 3.05) is 6.61 Å². The number of rotatable bonds is 3. The third-order valence-electron chi connectivity index (χ3n) is 4.36. The molecule has 0 bridgehead atoms. The Hall–Kier alpha value is -2.82. The number of benzene rings is 1. The molecule has 23 heavy (non-hydrogen) atoms. The number of aromatic nitrogens is 2. The Kier molecular flexibility index (Phi) is 3.26. The molecular formula is C18H17N3O2. The lowest BCUT2D eigenvalue weighted by Gasteiger charge is -2.20. The van der Waals surface area contributed by atoms with Crippen LogP contribution in [-0.2, 0) is 0 Å². The standard InChI is InChI=1S/C18H17N3O2/c1-12(15-11-23-16-5-3-2-4-14(15)16)20-18(22)13-6-8-21-9-7-19-17(21)10-13/h2-10,12,15H,11H2,1H3,(H,20,22)/t12-,15+/m0/s1. The maximum absolute atomic E-state index is 12.5. The Morgan fingerprint density at radius 1 is 1.35 bits per heavy atom. The molecule has 2 aromatic heterocycles. The normalized spacial score (nSPS) is 17.5. The van der Waals surface area contributed by atoms with Crippen LogP contribution >= 0.6 is 0 Å². The quantitative estimate of drug-likeness (QED) is 0.809. The van der Waals surface area contributed by atoms with E-state index in [1.165, 1.54) is 0 Å². The molecule has 5 heteroatoms. The summed E-state index contributed by atoms with van der Waals surface area (Å²) in [6, 6.07) is 11.6. The van der Waals surface area contributed by atoms with E-state index in [1.54, 1.807) is 18.3 Å². The van der Waals surface area contributed by atoms with Crippen LogP contribution in [0.25, 0.3) is 5.65 Å². The molecule has 1 aliphatic heterocycles. The molecule has 1 amide bonds. The van der Waals surface area contributed by atoms with E-state index in [9.17, 15) is 4.79 Å². The third-order valence-corrected chi connectivity index (χ3v) is 4.36. The van der Waals surface area contributed by atoms with Crippen LogP contribution in [0, 0.1) is 0 Å². The smallest absolute Gasteiger partial charge is 0.251 e. The highest BCUT2D eigenvalue weighted by molar-refractivity contribution is 5.95. The number of amides is 1. The predicted molar refractivity (Wildman–Crippen MR) is 86.8 cm³/mol. The molecule has 0 aliphatic carbocycles. The maximum atomic E-state index is 12.5. The summed E-state index contributed by atoms with van der Waals surface area (Å²) >= 11 is 0. The number of fused-ring (bicyclic) bond motifs is 2. The van der Waals surface area contributed by atoms with Gasteiger partial charge in [0.05, 0.1) is 6.61 Å². The summed E-state index contributed by atoms with van der Waals surface area (Å²) in [6.45, 7) is 2.61. The highest BCUT2D eigenvalue weighted by Gasteiger charge is 2.29. The molecule has 0 spiro atoms. The van der Waals surface area contributed by atoms with Crippen LogP contribution in [-0.4, -0.2) is 27.9 Å². The second-order valence-corrected chi connectivity index (χ2v) is 5.83. The van der Waals surface area contributed by atoms with Gasteiger partial charge < -0.3 is 14.5 Å². The van der Waals surface area contributed by atoms with Crippen molar-refractivity contribution < 1.29 is 9.53 Å². The zero-order valence-corrected chi connectivity index (χ0v) is 12.8. The minimum Gasteiger partial charge on any atom is -0.493 e. The molecule has 1 N–H and O–H groups in total. The summed E-state index contributed by atoms with van der Waals surface area (Å²) in [6.07, 6.45) is 5.41. The highest BCUT2D eigenvalue weighted by atomic mass is 16.5. The first-order chi connectivity index (χ1) is 11.2. The predicted octanol–water partition coefficient (Wildman–Crippen LogP) is 2.63. The number of nitrogens with one attached hydrogen (secondary N) is 1. The lowest BCUT2D eigenvalue weighted by Crippen LogP contribution is -2.37. The van der Waals surface area contributed by atoms with Crippen molar-refractivity contribution in [3.8, 4) is 5.75 Å². The number of para-hydroxylation sites is 1. The molecule has 4 rings (SSSR count). The van der Waals surface area contributed by atoms with E-state index in [1.807, 2.05) is 41.9 Å². The van der Waals surface area contributed by atoms with Crippen LogP contribution in [0.5, 0.6) is 5.75 Å². The van der Waals surface area contributed by atoms with Gasteiger partial charge in [-0.2, -0.15) is 0 Å². The third kappa shape index (κ3) is 2.44. The van der Waals surface area contributed by atoms with Crippen molar-refractivity contribution >= 4 is 11.6 Å². The number of hydrogen-bond acceptors (Lipinski definition) is 3. The maximum Gasteiger partial charge on any atom is 0.251 e. The molecule has 0 unspecified atom stereocenters. The van der Waals surface area contributed by atoms with Crippen molar-refractivity contribution in [3.63, 3.8) is 0 Å². The Morgan fingerprint density at radius 2 is 2.22 bits per heavy atom. The van der Waals surface area contributed by atoms with Gasteiger partial charge in [0.25, 0.3) is 5.91 Å². The lowest BCUT2D eigenvalue weighted by atomic mass is 9.94. The van der Waals surface area contributed by atoms with E-state index in [2.05, 4.69) is 16.4 Å². The van der Waals surface area contributed by atoms with Gasteiger partial charge in [-0.1, -0.05) is 18.2 Å². The zero-order valence-electron chi connectivity index (χ0n) is 12.8. The summed E-state index contributed by atoms with van der Waals surface area (Å²) in [4.78, 5) is 16.7. The molecule has 2 atom stereocenters. The first kappa shape index (κ1) is 13.8. The molecule has 1 aliphatic rings. The molecule has 3 heterocycles. The van der Waals surface area contributed by atoms with Gasteiger partial charge in [-0.25, -0.2) is 4.98 Å². The molecule has 0 fully saturated rings. The number of carbonyl (C=O) groups is 1. The first-order valence-corrected chi connectivity index (χ1v) is 7.68. The Balaban J connectivity index is 1.52. The minimum absolute atomic E-state index is 0.0119. The number of carbonyl (C=O) groups excluding carboxylic acids is 1. The summed E-state index contributed by atoms with van der Waals surface area (Å²) in [5, 5.41) is 3.08. The van der Waals surface area contributed by atoms with Gasteiger partial charge >= 0.3 is 0 Å². The fourth-order valence-corrected chi connectivity index (χ4v) is 3.04. The van der Waals surface area contributed by atoms with E-state index >= 15 is 0 Å². The van der Waals surface area contributed by atoms with Crippen molar-refractivity contribution in [3.05, 3.63) is 66.1 Å². The number of nitrogens with zero attached hydrogens (tertiary/aromatic N) is 2. The average molecular weight is 307 g/mol. The van der Waals surface area contributed by atoms with Gasteiger partial charge in [-0.15, -0.1) is 0 Å². The van der Waals surface area contributed by atoms with E-state index in [-0.39, 0.29) is 17.9 Å². The molecule has 5 nitrogen and oxygen atoms in total. The van der Waals surface area contributed by atoms with Crippen LogP contribution in [0.4, 0.5) is 0 Å². The van der Waals surface area contributed by atoms with E-state index in [4.69, 9.17) is 4.74 Å². The average Bonchev–Trinajstić information content (AvgIpc) is 3.20. The van der Waals surface area contributed by atoms with Crippen molar-refractivity contribution in [1.82, 2.24) is 14.7 Å². The SMILES string of the molecule is C[C@H](NC(=O)c1ccn2ccnc2c1)[C@H]1COc2ccccc21. The van der Waals surface area contributed by atoms with E-state index in [0.29, 0.717) is 12.2 Å². The monoisotopic (exact) mass is 307 g/mol. The highest BCUT2D eigenvalue weighted by Crippen LogP contribution is 2.35. The second kappa shape index (κ2) is 5.43. The molecule has 0 saturated carbocycles. The molecule has 0 saturated heterocycles. The Labute approximate surface area is 133 Å². The van der Waals surface area contributed by atoms with Crippen LogP contribution in [0.2, 0.25) is 0 Å². The van der Waals surface area contributed by atoms with Gasteiger partial charge in [0.15, 0.2) is 0 Å². The summed E-state index contributed by atoms with van der Waals surface area (Å²) in [5.74, 6) is 0.995. The summed E-state index contributed by atoms with van der Waals surface area (Å²) in [5.41, 5.74) is 2.53. The minimum atomic E-state index is -0.0904. The molecule has 116 valence electrons.